The number of aromatic nitrogens is 1. The molecule has 0 unspecified atom stereocenters. The lowest BCUT2D eigenvalue weighted by molar-refractivity contribution is 0.521. The van der Waals surface area contributed by atoms with Crippen molar-refractivity contribution >= 4 is 21.6 Å². The second-order valence-corrected chi connectivity index (χ2v) is 6.99. The molecule has 1 heterocycles. The first-order chi connectivity index (χ1) is 10.4. The molecule has 0 aliphatic carbocycles. The number of hydrogen-bond acceptors (Lipinski definition) is 5. The third kappa shape index (κ3) is 3.69. The van der Waals surface area contributed by atoms with Gasteiger partial charge in [-0.2, -0.15) is 5.10 Å². The minimum atomic E-state index is -3.41. The van der Waals surface area contributed by atoms with Crippen molar-refractivity contribution < 1.29 is 8.42 Å². The summed E-state index contributed by atoms with van der Waals surface area (Å²) in [6, 6.07) is 12.1. The molecule has 0 saturated heterocycles. The lowest BCUT2D eigenvalue weighted by Gasteiger charge is -2.11. The third-order valence-electron chi connectivity index (χ3n) is 3.05. The van der Waals surface area contributed by atoms with Gasteiger partial charge in [0.2, 0.25) is 10.0 Å². The van der Waals surface area contributed by atoms with Crippen LogP contribution >= 0.6 is 0 Å². The van der Waals surface area contributed by atoms with Crippen LogP contribution in [0.1, 0.15) is 12.5 Å². The average Bonchev–Trinajstić information content (AvgIpc) is 2.53. The molecular formula is C15H18N4O2S. The van der Waals surface area contributed by atoms with Crippen LogP contribution in [0.5, 0.6) is 0 Å². The molecule has 1 aromatic carbocycles. The van der Waals surface area contributed by atoms with Crippen LogP contribution in [0.25, 0.3) is 0 Å². The summed E-state index contributed by atoms with van der Waals surface area (Å²) in [5.74, 6) is 0.647. The maximum atomic E-state index is 12.0. The highest BCUT2D eigenvalue weighted by atomic mass is 32.2. The highest BCUT2D eigenvalue weighted by Gasteiger charge is 2.16. The number of nitrogens with zero attached hydrogens (tertiary/aromatic N) is 3. The minimum Gasteiger partial charge on any atom is -0.261 e. The van der Waals surface area contributed by atoms with Gasteiger partial charge in [0.15, 0.2) is 0 Å². The molecular weight excluding hydrogens is 300 g/mol. The van der Waals surface area contributed by atoms with Crippen LogP contribution in [0.2, 0.25) is 0 Å². The van der Waals surface area contributed by atoms with Gasteiger partial charge in [0.25, 0.3) is 0 Å². The van der Waals surface area contributed by atoms with Crippen molar-refractivity contribution in [2.75, 3.05) is 19.5 Å². The monoisotopic (exact) mass is 318 g/mol. The van der Waals surface area contributed by atoms with Crippen LogP contribution in [-0.4, -0.2) is 37.5 Å². The molecule has 0 aliphatic heterocycles. The molecule has 2 rings (SSSR count). The third-order valence-corrected chi connectivity index (χ3v) is 4.88. The summed E-state index contributed by atoms with van der Waals surface area (Å²) in [4.78, 5) is 4.36. The van der Waals surface area contributed by atoms with E-state index in [1.807, 2.05) is 25.1 Å². The zero-order chi connectivity index (χ0) is 16.2. The summed E-state index contributed by atoms with van der Waals surface area (Å²) in [5, 5.41) is 4.24. The molecule has 0 atom stereocenters. The van der Waals surface area contributed by atoms with E-state index in [0.717, 1.165) is 11.3 Å². The molecule has 7 heteroatoms. The van der Waals surface area contributed by atoms with E-state index in [-0.39, 0.29) is 4.90 Å². The second-order valence-electron chi connectivity index (χ2n) is 4.84. The smallest absolute Gasteiger partial charge is 0.242 e. The van der Waals surface area contributed by atoms with Crippen molar-refractivity contribution in [3.05, 3.63) is 54.2 Å². The predicted molar refractivity (Wildman–Crippen MR) is 87.4 cm³/mol. The number of anilines is 1. The molecule has 22 heavy (non-hydrogen) atoms. The Labute approximate surface area is 130 Å². The fourth-order valence-electron chi connectivity index (χ4n) is 1.71. The molecule has 0 fully saturated rings. The van der Waals surface area contributed by atoms with E-state index < -0.39 is 10.0 Å². The predicted octanol–water partition coefficient (Wildman–Crippen LogP) is 2.17. The highest BCUT2D eigenvalue weighted by molar-refractivity contribution is 7.89. The number of rotatable bonds is 5. The summed E-state index contributed by atoms with van der Waals surface area (Å²) in [7, 11) is -0.393. The Hall–Kier alpha value is -2.25. The Morgan fingerprint density at radius 2 is 1.82 bits per heavy atom. The number of pyridine rings is 1. The number of nitrogens with one attached hydrogen (secondary N) is 1. The zero-order valence-electron chi connectivity index (χ0n) is 12.7. The highest BCUT2D eigenvalue weighted by Crippen LogP contribution is 2.14. The molecule has 0 amide bonds. The van der Waals surface area contributed by atoms with E-state index in [9.17, 15) is 8.42 Å². The normalized spacial score (nSPS) is 12.5. The van der Waals surface area contributed by atoms with Gasteiger partial charge in [-0.15, -0.1) is 0 Å². The maximum absolute atomic E-state index is 12.0. The molecule has 0 spiro atoms. The quantitative estimate of drug-likeness (QED) is 0.677. The molecule has 0 saturated carbocycles. The van der Waals surface area contributed by atoms with Gasteiger partial charge in [0.1, 0.15) is 5.82 Å². The molecule has 116 valence electrons. The van der Waals surface area contributed by atoms with Gasteiger partial charge in [0.05, 0.1) is 10.6 Å². The lowest BCUT2D eigenvalue weighted by atomic mass is 10.1. The number of benzene rings is 1. The van der Waals surface area contributed by atoms with Crippen LogP contribution in [0.3, 0.4) is 0 Å². The Kier molecular flexibility index (Phi) is 4.89. The first-order valence-corrected chi connectivity index (χ1v) is 8.09. The van der Waals surface area contributed by atoms with Gasteiger partial charge in [-0.3, -0.25) is 5.43 Å². The van der Waals surface area contributed by atoms with Gasteiger partial charge in [-0.1, -0.05) is 18.2 Å². The Morgan fingerprint density at radius 3 is 2.36 bits per heavy atom. The summed E-state index contributed by atoms with van der Waals surface area (Å²) in [5.41, 5.74) is 4.43. The van der Waals surface area contributed by atoms with Gasteiger partial charge < -0.3 is 0 Å². The maximum Gasteiger partial charge on any atom is 0.242 e. The van der Waals surface area contributed by atoms with E-state index >= 15 is 0 Å². The van der Waals surface area contributed by atoms with Gasteiger partial charge in [-0.05, 0) is 36.8 Å². The Morgan fingerprint density at radius 1 is 1.14 bits per heavy atom. The average molecular weight is 318 g/mol. The van der Waals surface area contributed by atoms with E-state index in [0.29, 0.717) is 5.82 Å². The van der Waals surface area contributed by atoms with E-state index in [1.54, 1.807) is 30.5 Å². The molecule has 0 radical (unpaired) electrons. The number of hydrazone groups is 1. The van der Waals surface area contributed by atoms with Crippen molar-refractivity contribution in [3.63, 3.8) is 0 Å². The zero-order valence-corrected chi connectivity index (χ0v) is 13.5. The lowest BCUT2D eigenvalue weighted by Crippen LogP contribution is -2.22. The van der Waals surface area contributed by atoms with Crippen molar-refractivity contribution in [3.8, 4) is 0 Å². The van der Waals surface area contributed by atoms with Crippen molar-refractivity contribution in [2.45, 2.75) is 11.8 Å². The second kappa shape index (κ2) is 6.67. The fourth-order valence-corrected chi connectivity index (χ4v) is 2.62. The Bertz CT molecular complexity index is 754. The van der Waals surface area contributed by atoms with Crippen LogP contribution < -0.4 is 5.43 Å². The molecule has 1 N–H and O–H groups in total. The van der Waals surface area contributed by atoms with Crippen molar-refractivity contribution in [1.29, 1.82) is 0 Å². The van der Waals surface area contributed by atoms with Crippen LogP contribution in [-0.2, 0) is 10.0 Å². The standard InChI is InChI=1S/C15H18N4O2S/c1-12(17-18-15-6-4-5-11-16-15)13-7-9-14(10-8-13)22(20,21)19(2)3/h4-11H,1-3H3,(H,16,18)/b17-12-. The first kappa shape index (κ1) is 16.1. The summed E-state index contributed by atoms with van der Waals surface area (Å²) >= 11 is 0. The molecule has 1 aromatic heterocycles. The molecule has 0 aliphatic rings. The van der Waals surface area contributed by atoms with E-state index in [2.05, 4.69) is 15.5 Å². The van der Waals surface area contributed by atoms with E-state index in [1.165, 1.54) is 18.4 Å². The molecule has 6 nitrogen and oxygen atoms in total. The van der Waals surface area contributed by atoms with E-state index in [4.69, 9.17) is 0 Å². The minimum absolute atomic E-state index is 0.256. The largest absolute Gasteiger partial charge is 0.261 e. The summed E-state index contributed by atoms with van der Waals surface area (Å²) in [6.45, 7) is 1.84. The Balaban J connectivity index is 2.16. The van der Waals surface area contributed by atoms with Gasteiger partial charge in [-0.25, -0.2) is 17.7 Å². The molecule has 0 bridgehead atoms. The molecule has 2 aromatic rings. The summed E-state index contributed by atoms with van der Waals surface area (Å²) in [6.07, 6.45) is 1.67. The van der Waals surface area contributed by atoms with Gasteiger partial charge >= 0.3 is 0 Å². The van der Waals surface area contributed by atoms with Crippen LogP contribution in [0.15, 0.2) is 58.7 Å². The fraction of sp³-hybridized carbons (Fsp3) is 0.200. The number of sulfonamides is 1. The summed E-state index contributed by atoms with van der Waals surface area (Å²) < 4.78 is 25.2. The SMILES string of the molecule is C/C(=N/Nc1ccccn1)c1ccc(S(=O)(=O)N(C)C)cc1. The van der Waals surface area contributed by atoms with Crippen molar-refractivity contribution in [2.24, 2.45) is 5.10 Å². The van der Waals surface area contributed by atoms with Crippen LogP contribution in [0, 0.1) is 0 Å². The van der Waals surface area contributed by atoms with Crippen molar-refractivity contribution in [1.82, 2.24) is 9.29 Å². The number of hydrogen-bond donors (Lipinski definition) is 1. The topological polar surface area (TPSA) is 74.7 Å². The van der Waals surface area contributed by atoms with Gasteiger partial charge in [0, 0.05) is 20.3 Å². The van der Waals surface area contributed by atoms with Crippen LogP contribution in [0.4, 0.5) is 5.82 Å². The first-order valence-electron chi connectivity index (χ1n) is 6.65.